The number of rotatable bonds is 35. The predicted molar refractivity (Wildman–Crippen MR) is 355 cm³/mol. The number of aliphatic hydroxyl groups is 2. The summed E-state index contributed by atoms with van der Waals surface area (Å²) in [5.74, 6) is 2.26. The molecular formula is C51H108O16Si13. The van der Waals surface area contributed by atoms with Gasteiger partial charge in [-0.1, -0.05) is 68.3 Å². The smallest absolute Gasteiger partial charge is 0.314 e. The van der Waals surface area contributed by atoms with E-state index < -0.39 is 116 Å². The van der Waals surface area contributed by atoms with E-state index >= 15 is 0 Å². The zero-order valence-corrected chi connectivity index (χ0v) is 67.6. The van der Waals surface area contributed by atoms with Crippen molar-refractivity contribution < 1.29 is 69.1 Å². The lowest BCUT2D eigenvalue weighted by Gasteiger charge is -2.45. The van der Waals surface area contributed by atoms with Crippen LogP contribution in [0.4, 0.5) is 0 Å². The first-order valence-electron chi connectivity index (χ1n) is 28.2. The molecule has 0 fully saturated rings. The molecule has 0 saturated carbocycles. The van der Waals surface area contributed by atoms with Gasteiger partial charge in [0.05, 0.1) is 19.1 Å². The monoisotopic (exact) mass is 1340 g/mol. The maximum Gasteiger partial charge on any atom is 0.314 e. The Morgan fingerprint density at radius 1 is 0.438 bits per heavy atom. The Morgan fingerprint density at radius 3 is 0.938 bits per heavy atom. The van der Waals surface area contributed by atoms with E-state index in [1.165, 1.54) is 0 Å². The van der Waals surface area contributed by atoms with Crippen molar-refractivity contribution in [3.63, 3.8) is 0 Å². The van der Waals surface area contributed by atoms with Crippen LogP contribution in [-0.4, -0.2) is 134 Å². The van der Waals surface area contributed by atoms with E-state index in [0.29, 0.717) is 17.7 Å². The van der Waals surface area contributed by atoms with Gasteiger partial charge in [0.1, 0.15) is 0 Å². The van der Waals surface area contributed by atoms with E-state index in [0.717, 1.165) is 36.1 Å². The van der Waals surface area contributed by atoms with Crippen LogP contribution in [0.5, 0.6) is 0 Å². The first-order chi connectivity index (χ1) is 35.6. The summed E-state index contributed by atoms with van der Waals surface area (Å²) in [6.45, 7) is 58.2. The maximum absolute atomic E-state index is 11.9. The molecule has 0 aliphatic rings. The number of ether oxygens (including phenoxy) is 1. The molecule has 2 aromatic carbocycles. The lowest BCUT2D eigenvalue weighted by Crippen LogP contribution is -2.63. The van der Waals surface area contributed by atoms with Crippen LogP contribution in [0.3, 0.4) is 0 Å². The Labute approximate surface area is 499 Å². The molecule has 0 bridgehead atoms. The summed E-state index contributed by atoms with van der Waals surface area (Å²) in [7, 11) is -35.0. The quantitative estimate of drug-likeness (QED) is 0.0288. The molecule has 460 valence electrons. The number of aryl methyl sites for hydroxylation is 1. The van der Waals surface area contributed by atoms with Gasteiger partial charge in [0, 0.05) is 11.1 Å². The van der Waals surface area contributed by atoms with Gasteiger partial charge in [0.2, 0.25) is 0 Å². The van der Waals surface area contributed by atoms with Gasteiger partial charge >= 0.3 is 100 Å². The zero-order chi connectivity index (χ0) is 62.3. The average molecular weight is 1340 g/mol. The third-order valence-electron chi connectivity index (χ3n) is 11.7. The summed E-state index contributed by atoms with van der Waals surface area (Å²) < 4.78 is 88.1. The van der Waals surface area contributed by atoms with Crippen LogP contribution in [0, 0.1) is 18.3 Å². The summed E-state index contributed by atoms with van der Waals surface area (Å²) in [5.41, 5.74) is 1.47. The van der Waals surface area contributed by atoms with Crippen molar-refractivity contribution in [2.75, 3.05) is 6.61 Å². The number of aliphatic hydroxyl groups excluding tert-OH is 1. The van der Waals surface area contributed by atoms with Crippen molar-refractivity contribution in [3.05, 3.63) is 70.8 Å². The van der Waals surface area contributed by atoms with Gasteiger partial charge in [-0.2, -0.15) is 0 Å². The second kappa shape index (κ2) is 28.3. The molecule has 29 heteroatoms. The van der Waals surface area contributed by atoms with Crippen LogP contribution in [-0.2, 0) is 77.5 Å². The molecule has 0 aliphatic carbocycles. The van der Waals surface area contributed by atoms with Crippen molar-refractivity contribution >= 4 is 117 Å². The molecule has 0 amide bonds. The summed E-state index contributed by atoms with van der Waals surface area (Å²) in [6.07, 6.45) is 7.44. The Bertz CT molecular complexity index is 2340. The van der Waals surface area contributed by atoms with Crippen LogP contribution in [0.1, 0.15) is 42.5 Å². The van der Waals surface area contributed by atoms with Gasteiger partial charge in [-0.15, -0.1) is 6.42 Å². The van der Waals surface area contributed by atoms with Gasteiger partial charge in [0.25, 0.3) is 0 Å². The van der Waals surface area contributed by atoms with Gasteiger partial charge in [0.15, 0.2) is 22.2 Å². The van der Waals surface area contributed by atoms with Crippen LogP contribution < -0.4 is 0 Å². The SMILES string of the molecule is C#CC(O)(c1ccc(CO)cc1)c1ccc(CC[Si](C)(C)O[Si](C)(C)O[Si](C)(C)O[Si](C)(C)O[Si](C)(C)O[Si](C)(C)O[Si](C)(C)O[Si](C)(C)O[Si](C)(C)O[Si](C)(C)O[Si](C)(C)O[Si](C)(C)O[Si](C)(C)CCCOC(=O)C(C)C)cc1. The molecule has 2 rings (SSSR count). The van der Waals surface area contributed by atoms with Crippen LogP contribution >= 0.6 is 0 Å². The molecule has 0 aliphatic heterocycles. The van der Waals surface area contributed by atoms with Gasteiger partial charge in [-0.3, -0.25) is 4.79 Å². The maximum atomic E-state index is 11.9. The fourth-order valence-corrected chi connectivity index (χ4v) is 77.6. The molecule has 16 nitrogen and oxygen atoms in total. The van der Waals surface area contributed by atoms with Gasteiger partial charge in [-0.05, 0) is 206 Å². The minimum Gasteiger partial charge on any atom is -0.465 e. The number of esters is 1. The highest BCUT2D eigenvalue weighted by atomic mass is 28.5. The lowest BCUT2D eigenvalue weighted by molar-refractivity contribution is -0.147. The fourth-order valence-electron chi connectivity index (χ4n) is 11.0. The van der Waals surface area contributed by atoms with Crippen molar-refractivity contribution in [1.29, 1.82) is 0 Å². The van der Waals surface area contributed by atoms with Gasteiger partial charge in [-0.25, -0.2) is 0 Å². The minimum absolute atomic E-state index is 0.0815. The first-order valence-corrected chi connectivity index (χ1v) is 65.4. The van der Waals surface area contributed by atoms with E-state index in [9.17, 15) is 15.0 Å². The molecule has 0 radical (unpaired) electrons. The van der Waals surface area contributed by atoms with Crippen LogP contribution in [0.15, 0.2) is 48.5 Å². The Hall–Kier alpha value is -0.271. The van der Waals surface area contributed by atoms with Crippen molar-refractivity contribution in [2.45, 2.75) is 221 Å². The molecule has 0 saturated heterocycles. The zero-order valence-electron chi connectivity index (χ0n) is 54.6. The number of benzene rings is 2. The molecule has 80 heavy (non-hydrogen) atoms. The summed E-state index contributed by atoms with van der Waals surface area (Å²) in [6, 6.07) is 16.6. The highest BCUT2D eigenvalue weighted by Crippen LogP contribution is 2.34. The topological polar surface area (TPSA) is 178 Å². The van der Waals surface area contributed by atoms with Crippen LogP contribution in [0.2, 0.25) is 182 Å². The average Bonchev–Trinajstić information content (AvgIpc) is 3.18. The van der Waals surface area contributed by atoms with E-state index in [2.05, 4.69) is 124 Å². The summed E-state index contributed by atoms with van der Waals surface area (Å²) in [4.78, 5) is 11.9. The second-order valence-electron chi connectivity index (χ2n) is 27.5. The third kappa shape index (κ3) is 28.5. The molecule has 0 heterocycles. The highest BCUT2D eigenvalue weighted by molar-refractivity contribution is 6.94. The lowest BCUT2D eigenvalue weighted by atomic mass is 9.86. The third-order valence-corrected chi connectivity index (χ3v) is 62.4. The Balaban J connectivity index is 2.01. The summed E-state index contributed by atoms with van der Waals surface area (Å²) >= 11 is 0. The molecular weight excluding hydrogens is 1230 g/mol. The number of carbonyl (C=O) groups excluding carboxylic acids is 1. The normalized spacial score (nSPS) is 15.3. The Morgan fingerprint density at radius 2 is 0.688 bits per heavy atom. The van der Waals surface area contributed by atoms with E-state index in [-0.39, 0.29) is 18.5 Å². The molecule has 0 spiro atoms. The van der Waals surface area contributed by atoms with Crippen LogP contribution in [0.25, 0.3) is 0 Å². The molecule has 0 aromatic heterocycles. The van der Waals surface area contributed by atoms with E-state index in [1.807, 2.05) is 90.5 Å². The summed E-state index contributed by atoms with van der Waals surface area (Å²) in [5, 5.41) is 21.0. The number of terminal acetylenes is 1. The second-order valence-corrected chi connectivity index (χ2v) is 76.1. The number of hydrogen-bond acceptors (Lipinski definition) is 16. The standard InChI is InChI=1S/C51H108O16Si13/c1-30-51(54,49-38-34-47(44-52)35-39-49)48-36-32-46(33-37-48)40-43-69(6,7)57-71(10,11)59-73(14,15)61-75(18,19)63-77(22,23)65-79(26,27)67-80(28,29)66-78(24,25)64-76(20,21)62-74(16,17)60-72(12,13)58-70(8,9)56-68(4,5)42-31-41-55-50(53)45(2)3/h1,32-39,45,52,54H,31,40-44H2,2-29H3. The fraction of sp³-hybridized carbons (Fsp3) is 0.706. The van der Waals surface area contributed by atoms with Crippen molar-refractivity contribution in [2.24, 2.45) is 5.92 Å². The Kier molecular flexibility index (Phi) is 26.8. The van der Waals surface area contributed by atoms with E-state index in [1.54, 1.807) is 24.3 Å². The minimum atomic E-state index is -2.85. The number of carbonyl (C=O) groups is 1. The van der Waals surface area contributed by atoms with Gasteiger partial charge < -0.3 is 64.3 Å². The number of hydrogen-bond donors (Lipinski definition) is 2. The van der Waals surface area contributed by atoms with Crippen molar-refractivity contribution in [1.82, 2.24) is 0 Å². The molecule has 2 N–H and O–H groups in total. The largest absolute Gasteiger partial charge is 0.465 e. The highest BCUT2D eigenvalue weighted by Gasteiger charge is 2.52. The van der Waals surface area contributed by atoms with E-state index in [4.69, 9.17) is 60.5 Å². The molecule has 2 aromatic rings. The van der Waals surface area contributed by atoms with Crippen molar-refractivity contribution in [3.8, 4) is 12.3 Å². The molecule has 1 atom stereocenters. The molecule has 1 unspecified atom stereocenters. The first kappa shape index (κ1) is 75.8. The predicted octanol–water partition coefficient (Wildman–Crippen LogP) is 13.5.